The highest BCUT2D eigenvalue weighted by atomic mass is 32.1. The van der Waals surface area contributed by atoms with E-state index in [1.54, 1.807) is 7.11 Å². The molecule has 2 N–H and O–H groups in total. The van der Waals surface area contributed by atoms with E-state index in [2.05, 4.69) is 5.32 Å². The maximum Gasteiger partial charge on any atom is 0.265 e. The zero-order chi connectivity index (χ0) is 13.8. The lowest BCUT2D eigenvalue weighted by Gasteiger charge is -2.27. The predicted molar refractivity (Wildman–Crippen MR) is 75.9 cm³/mol. The van der Waals surface area contributed by atoms with Crippen molar-refractivity contribution in [3.05, 3.63) is 15.8 Å². The fourth-order valence-electron chi connectivity index (χ4n) is 2.53. The van der Waals surface area contributed by atoms with Gasteiger partial charge in [0.25, 0.3) is 5.91 Å². The van der Waals surface area contributed by atoms with Crippen molar-refractivity contribution in [2.45, 2.75) is 38.7 Å². The van der Waals surface area contributed by atoms with E-state index in [9.17, 15) is 9.90 Å². The van der Waals surface area contributed by atoms with Crippen LogP contribution in [-0.2, 0) is 0 Å². The van der Waals surface area contributed by atoms with Gasteiger partial charge in [-0.2, -0.15) is 0 Å². The Bertz CT molecular complexity index is 444. The van der Waals surface area contributed by atoms with Gasteiger partial charge < -0.3 is 15.2 Å². The molecular weight excluding hydrogens is 262 g/mol. The number of hydrogen-bond donors (Lipinski definition) is 2. The highest BCUT2D eigenvalue weighted by Gasteiger charge is 2.24. The smallest absolute Gasteiger partial charge is 0.265 e. The van der Waals surface area contributed by atoms with Crippen LogP contribution in [0.1, 0.15) is 40.2 Å². The average Bonchev–Trinajstić information content (AvgIpc) is 2.79. The number of methoxy groups -OCH3 is 1. The van der Waals surface area contributed by atoms with Gasteiger partial charge in [0.1, 0.15) is 10.6 Å². The first-order chi connectivity index (χ1) is 9.11. The number of amides is 1. The zero-order valence-electron chi connectivity index (χ0n) is 11.4. The number of aliphatic hydroxyl groups excluding tert-OH is 1. The standard InChI is InChI=1S/C14H21NO3S/c1-9-7-12(18-2)13(19-9)14(17)15-8-10-5-3-4-6-11(10)16/h7,10-11,16H,3-6,8H2,1-2H3,(H,15,17)/t10-,11-/m0/s1. The summed E-state index contributed by atoms with van der Waals surface area (Å²) in [5.74, 6) is 0.710. The van der Waals surface area contributed by atoms with Crippen LogP contribution in [0.4, 0.5) is 0 Å². The Morgan fingerprint density at radius 3 is 2.95 bits per heavy atom. The van der Waals surface area contributed by atoms with Crippen LogP contribution in [0.5, 0.6) is 5.75 Å². The fraction of sp³-hybridized carbons (Fsp3) is 0.643. The molecule has 1 saturated carbocycles. The van der Waals surface area contributed by atoms with Crippen LogP contribution in [0.3, 0.4) is 0 Å². The summed E-state index contributed by atoms with van der Waals surface area (Å²) >= 11 is 1.43. The lowest BCUT2D eigenvalue weighted by atomic mass is 9.86. The van der Waals surface area contributed by atoms with Gasteiger partial charge in [0.05, 0.1) is 13.2 Å². The molecule has 1 aliphatic rings. The Morgan fingerprint density at radius 2 is 2.26 bits per heavy atom. The summed E-state index contributed by atoms with van der Waals surface area (Å²) in [5.41, 5.74) is 0. The second kappa shape index (κ2) is 6.39. The Kier molecular flexibility index (Phi) is 4.82. The minimum Gasteiger partial charge on any atom is -0.495 e. The summed E-state index contributed by atoms with van der Waals surface area (Å²) in [6.07, 6.45) is 3.79. The van der Waals surface area contributed by atoms with E-state index in [1.807, 2.05) is 13.0 Å². The van der Waals surface area contributed by atoms with Gasteiger partial charge >= 0.3 is 0 Å². The number of rotatable bonds is 4. The molecule has 1 aliphatic carbocycles. The summed E-state index contributed by atoms with van der Waals surface area (Å²) in [6, 6.07) is 1.87. The monoisotopic (exact) mass is 283 g/mol. The van der Waals surface area contributed by atoms with E-state index in [-0.39, 0.29) is 17.9 Å². The summed E-state index contributed by atoms with van der Waals surface area (Å²) in [7, 11) is 1.57. The molecule has 2 rings (SSSR count). The number of thiophene rings is 1. The van der Waals surface area contributed by atoms with Crippen molar-refractivity contribution >= 4 is 17.2 Å². The van der Waals surface area contributed by atoms with Crippen LogP contribution in [-0.4, -0.2) is 30.8 Å². The second-order valence-electron chi connectivity index (χ2n) is 5.08. The van der Waals surface area contributed by atoms with E-state index in [4.69, 9.17) is 4.74 Å². The van der Waals surface area contributed by atoms with E-state index < -0.39 is 0 Å². The number of aryl methyl sites for hydroxylation is 1. The third kappa shape index (κ3) is 3.48. The van der Waals surface area contributed by atoms with Gasteiger partial charge in [-0.1, -0.05) is 12.8 Å². The first-order valence-electron chi connectivity index (χ1n) is 6.72. The Balaban J connectivity index is 1.93. The number of carbonyl (C=O) groups excluding carboxylic acids is 1. The van der Waals surface area contributed by atoms with Crippen LogP contribution < -0.4 is 10.1 Å². The topological polar surface area (TPSA) is 58.6 Å². The lowest BCUT2D eigenvalue weighted by Crippen LogP contribution is -2.36. The highest BCUT2D eigenvalue weighted by molar-refractivity contribution is 7.14. The van der Waals surface area contributed by atoms with Crippen LogP contribution in [0.15, 0.2) is 6.07 Å². The summed E-state index contributed by atoms with van der Waals surface area (Å²) in [6.45, 7) is 2.49. The van der Waals surface area contributed by atoms with E-state index in [0.717, 1.165) is 30.6 Å². The van der Waals surface area contributed by atoms with Crippen molar-refractivity contribution in [1.29, 1.82) is 0 Å². The number of nitrogens with one attached hydrogen (secondary N) is 1. The summed E-state index contributed by atoms with van der Waals surface area (Å²) in [4.78, 5) is 13.8. The SMILES string of the molecule is COc1cc(C)sc1C(=O)NC[C@@H]1CCCC[C@@H]1O. The molecule has 1 amide bonds. The van der Waals surface area contributed by atoms with Crippen molar-refractivity contribution < 1.29 is 14.6 Å². The predicted octanol–water partition coefficient (Wildman–Crippen LogP) is 2.35. The molecule has 1 aromatic heterocycles. The van der Waals surface area contributed by atoms with Crippen molar-refractivity contribution in [3.8, 4) is 5.75 Å². The molecule has 0 spiro atoms. The maximum absolute atomic E-state index is 12.1. The molecule has 2 atom stereocenters. The zero-order valence-corrected chi connectivity index (χ0v) is 12.3. The van der Waals surface area contributed by atoms with Gasteiger partial charge in [-0.3, -0.25) is 4.79 Å². The molecule has 0 aromatic carbocycles. The van der Waals surface area contributed by atoms with Gasteiger partial charge in [-0.05, 0) is 25.8 Å². The molecular formula is C14H21NO3S. The number of hydrogen-bond acceptors (Lipinski definition) is 4. The normalized spacial score (nSPS) is 23.1. The first-order valence-corrected chi connectivity index (χ1v) is 7.54. The van der Waals surface area contributed by atoms with Crippen LogP contribution in [0.2, 0.25) is 0 Å². The Morgan fingerprint density at radius 1 is 1.53 bits per heavy atom. The summed E-state index contributed by atoms with van der Waals surface area (Å²) < 4.78 is 5.20. The van der Waals surface area contributed by atoms with Crippen molar-refractivity contribution in [1.82, 2.24) is 5.32 Å². The number of carbonyl (C=O) groups is 1. The molecule has 1 aromatic rings. The molecule has 0 aliphatic heterocycles. The molecule has 106 valence electrons. The quantitative estimate of drug-likeness (QED) is 0.891. The van der Waals surface area contributed by atoms with Crippen molar-refractivity contribution in [2.24, 2.45) is 5.92 Å². The Labute approximate surface area is 117 Å². The Hall–Kier alpha value is -1.07. The van der Waals surface area contributed by atoms with Crippen LogP contribution >= 0.6 is 11.3 Å². The lowest BCUT2D eigenvalue weighted by molar-refractivity contribution is 0.0663. The molecule has 0 saturated heterocycles. The minimum absolute atomic E-state index is 0.104. The number of ether oxygens (including phenoxy) is 1. The van der Waals surface area contributed by atoms with E-state index in [0.29, 0.717) is 17.2 Å². The molecule has 4 nitrogen and oxygen atoms in total. The second-order valence-corrected chi connectivity index (χ2v) is 6.33. The molecule has 1 fully saturated rings. The largest absolute Gasteiger partial charge is 0.495 e. The van der Waals surface area contributed by atoms with Gasteiger partial charge in [0.15, 0.2) is 0 Å². The van der Waals surface area contributed by atoms with Gasteiger partial charge in [0, 0.05) is 17.3 Å². The van der Waals surface area contributed by atoms with Gasteiger partial charge in [0.2, 0.25) is 0 Å². The molecule has 0 unspecified atom stereocenters. The molecule has 1 heterocycles. The average molecular weight is 283 g/mol. The van der Waals surface area contributed by atoms with E-state index in [1.165, 1.54) is 11.3 Å². The van der Waals surface area contributed by atoms with Crippen LogP contribution in [0.25, 0.3) is 0 Å². The maximum atomic E-state index is 12.1. The minimum atomic E-state index is -0.277. The van der Waals surface area contributed by atoms with Gasteiger partial charge in [-0.15, -0.1) is 11.3 Å². The molecule has 19 heavy (non-hydrogen) atoms. The molecule has 5 heteroatoms. The highest BCUT2D eigenvalue weighted by Crippen LogP contribution is 2.29. The third-order valence-corrected chi connectivity index (χ3v) is 4.67. The first kappa shape index (κ1) is 14.3. The summed E-state index contributed by atoms with van der Waals surface area (Å²) in [5, 5.41) is 12.8. The fourth-order valence-corrected chi connectivity index (χ4v) is 3.43. The molecule has 0 bridgehead atoms. The van der Waals surface area contributed by atoms with E-state index >= 15 is 0 Å². The van der Waals surface area contributed by atoms with Crippen molar-refractivity contribution in [2.75, 3.05) is 13.7 Å². The molecule has 0 radical (unpaired) electrons. The van der Waals surface area contributed by atoms with Gasteiger partial charge in [-0.25, -0.2) is 0 Å². The third-order valence-electron chi connectivity index (χ3n) is 3.64. The van der Waals surface area contributed by atoms with Crippen molar-refractivity contribution in [3.63, 3.8) is 0 Å². The number of aliphatic hydroxyl groups is 1. The van der Waals surface area contributed by atoms with Crippen LogP contribution in [0, 0.1) is 12.8 Å².